The molecule has 1 saturated carbocycles. The van der Waals surface area contributed by atoms with Crippen molar-refractivity contribution >= 4 is 46.2 Å². The Bertz CT molecular complexity index is 673. The van der Waals surface area contributed by atoms with Crippen molar-refractivity contribution in [2.45, 2.75) is 38.6 Å². The lowest BCUT2D eigenvalue weighted by molar-refractivity contribution is -0.117. The number of aromatic nitrogens is 1. The molecule has 1 aliphatic rings. The van der Waals surface area contributed by atoms with Crippen LogP contribution in [0.5, 0.6) is 0 Å². The highest BCUT2D eigenvalue weighted by Gasteiger charge is 2.25. The Morgan fingerprint density at radius 3 is 2.58 bits per heavy atom. The molecule has 4 N–H and O–H groups in total. The quantitative estimate of drug-likeness (QED) is 0.745. The van der Waals surface area contributed by atoms with Gasteiger partial charge in [-0.3, -0.25) is 4.79 Å². The normalized spacial score (nSPS) is 19.6. The van der Waals surface area contributed by atoms with Crippen molar-refractivity contribution in [1.29, 1.82) is 0 Å². The number of hydrogen-bond donors (Lipinski definition) is 3. The Morgan fingerprint density at radius 2 is 2.00 bits per heavy atom. The Hall–Kier alpha value is -1.63. The summed E-state index contributed by atoms with van der Waals surface area (Å²) in [6.07, 6.45) is 3.74. The zero-order chi connectivity index (χ0) is 16.2. The second kappa shape index (κ2) is 8.46. The molecule has 0 unspecified atom stereocenters. The fourth-order valence-electron chi connectivity index (χ4n) is 2.94. The van der Waals surface area contributed by atoms with E-state index < -0.39 is 0 Å². The molecule has 3 rings (SSSR count). The van der Waals surface area contributed by atoms with Crippen molar-refractivity contribution < 1.29 is 4.79 Å². The topological polar surface area (TPSA) is 80.0 Å². The van der Waals surface area contributed by atoms with Crippen molar-refractivity contribution in [2.24, 2.45) is 11.7 Å². The highest BCUT2D eigenvalue weighted by Crippen LogP contribution is 2.27. The second-order valence-corrected chi connectivity index (χ2v) is 6.96. The Kier molecular flexibility index (Phi) is 6.60. The molecule has 1 aliphatic carbocycles. The molecule has 130 valence electrons. The van der Waals surface area contributed by atoms with E-state index in [0.717, 1.165) is 41.5 Å². The van der Waals surface area contributed by atoms with Gasteiger partial charge in [0.15, 0.2) is 5.13 Å². The molecule has 5 nitrogen and oxygen atoms in total. The van der Waals surface area contributed by atoms with E-state index in [0.29, 0.717) is 12.3 Å². The van der Waals surface area contributed by atoms with Gasteiger partial charge in [0.25, 0.3) is 0 Å². The number of thiazole rings is 1. The fourth-order valence-corrected chi connectivity index (χ4v) is 3.65. The van der Waals surface area contributed by atoms with Crippen molar-refractivity contribution in [3.05, 3.63) is 35.3 Å². The maximum Gasteiger partial charge on any atom is 0.224 e. The van der Waals surface area contributed by atoms with Crippen LogP contribution in [0.15, 0.2) is 29.6 Å². The molecule has 2 atom stereocenters. The molecule has 24 heavy (non-hydrogen) atoms. The minimum absolute atomic E-state index is 0. The first-order chi connectivity index (χ1) is 11.1. The molecule has 7 heteroatoms. The third-order valence-electron chi connectivity index (χ3n) is 4.20. The van der Waals surface area contributed by atoms with E-state index in [-0.39, 0.29) is 24.4 Å². The van der Waals surface area contributed by atoms with Gasteiger partial charge < -0.3 is 16.4 Å². The average molecular weight is 367 g/mol. The minimum Gasteiger partial charge on any atom is -0.332 e. The van der Waals surface area contributed by atoms with Crippen molar-refractivity contribution in [3.63, 3.8) is 0 Å². The van der Waals surface area contributed by atoms with Gasteiger partial charge in [-0.2, -0.15) is 0 Å². The Labute approximate surface area is 152 Å². The molecule has 0 aliphatic heterocycles. The van der Waals surface area contributed by atoms with Gasteiger partial charge >= 0.3 is 0 Å². The van der Waals surface area contributed by atoms with Gasteiger partial charge in [0.05, 0.1) is 5.69 Å². The van der Waals surface area contributed by atoms with Crippen LogP contribution in [0, 0.1) is 12.8 Å². The van der Waals surface area contributed by atoms with Gasteiger partial charge in [-0.05, 0) is 49.9 Å². The van der Waals surface area contributed by atoms with Crippen LogP contribution in [0.25, 0.3) is 0 Å². The first-order valence-corrected chi connectivity index (χ1v) is 8.83. The van der Waals surface area contributed by atoms with Crippen molar-refractivity contribution in [2.75, 3.05) is 10.6 Å². The molecule has 0 radical (unpaired) electrons. The molecule has 1 aromatic heterocycles. The summed E-state index contributed by atoms with van der Waals surface area (Å²) in [6, 6.07) is 7.85. The lowest BCUT2D eigenvalue weighted by Crippen LogP contribution is -2.28. The number of carbonyl (C=O) groups is 1. The van der Waals surface area contributed by atoms with Gasteiger partial charge in [0.1, 0.15) is 0 Å². The number of carbonyl (C=O) groups excluding carboxylic acids is 1. The zero-order valence-electron chi connectivity index (χ0n) is 13.6. The summed E-state index contributed by atoms with van der Waals surface area (Å²) in [7, 11) is 0. The maximum atomic E-state index is 12.1. The summed E-state index contributed by atoms with van der Waals surface area (Å²) in [6.45, 7) is 1.97. The van der Waals surface area contributed by atoms with E-state index in [1.54, 1.807) is 11.3 Å². The molecule has 1 fully saturated rings. The SMILES string of the molecule is Cc1csc(Nc2ccc(NC(=O)C[C@@H]3CCC[C@H]3N)cc2)n1.Cl. The predicted molar refractivity (Wildman–Crippen MR) is 102 cm³/mol. The smallest absolute Gasteiger partial charge is 0.224 e. The zero-order valence-corrected chi connectivity index (χ0v) is 15.3. The molecular weight excluding hydrogens is 344 g/mol. The van der Waals surface area contributed by atoms with Crippen LogP contribution in [0.3, 0.4) is 0 Å². The first kappa shape index (κ1) is 18.7. The highest BCUT2D eigenvalue weighted by molar-refractivity contribution is 7.13. The molecule has 0 saturated heterocycles. The lowest BCUT2D eigenvalue weighted by Gasteiger charge is -2.14. The van der Waals surface area contributed by atoms with Gasteiger partial charge in [0.2, 0.25) is 5.91 Å². The van der Waals surface area contributed by atoms with Gasteiger partial charge in [-0.15, -0.1) is 23.7 Å². The summed E-state index contributed by atoms with van der Waals surface area (Å²) >= 11 is 1.57. The summed E-state index contributed by atoms with van der Waals surface area (Å²) in [4.78, 5) is 16.5. The molecular formula is C17H23ClN4OS. The van der Waals surface area contributed by atoms with Crippen LogP contribution >= 0.6 is 23.7 Å². The average Bonchev–Trinajstić information content (AvgIpc) is 3.10. The number of anilines is 3. The number of nitrogens with two attached hydrogens (primary N) is 1. The van der Waals surface area contributed by atoms with Crippen LogP contribution in [0.2, 0.25) is 0 Å². The summed E-state index contributed by atoms with van der Waals surface area (Å²) in [5.74, 6) is 0.368. The molecule has 2 aromatic rings. The third kappa shape index (κ3) is 4.93. The van der Waals surface area contributed by atoms with Crippen LogP contribution < -0.4 is 16.4 Å². The first-order valence-electron chi connectivity index (χ1n) is 7.95. The number of aryl methyl sites for hydroxylation is 1. The van der Waals surface area contributed by atoms with Crippen LogP contribution in [0.4, 0.5) is 16.5 Å². The van der Waals surface area contributed by atoms with Crippen LogP contribution in [-0.2, 0) is 4.79 Å². The number of benzene rings is 1. The Morgan fingerprint density at radius 1 is 1.29 bits per heavy atom. The number of halogens is 1. The third-order valence-corrected chi connectivity index (χ3v) is 5.08. The van der Waals surface area contributed by atoms with Crippen molar-refractivity contribution in [1.82, 2.24) is 4.98 Å². The number of nitrogens with zero attached hydrogens (tertiary/aromatic N) is 1. The second-order valence-electron chi connectivity index (χ2n) is 6.10. The molecule has 1 aromatic carbocycles. The van der Waals surface area contributed by atoms with E-state index in [2.05, 4.69) is 15.6 Å². The van der Waals surface area contributed by atoms with Crippen LogP contribution in [-0.4, -0.2) is 16.9 Å². The summed E-state index contributed by atoms with van der Waals surface area (Å²) in [5.41, 5.74) is 8.79. The standard InChI is InChI=1S/C17H22N4OS.ClH/c1-11-10-23-17(19-11)21-14-7-5-13(6-8-14)20-16(22)9-12-3-2-4-15(12)18;/h5-8,10,12,15H,2-4,9,18H2,1H3,(H,19,21)(H,20,22);1H/t12-,15+;/m0./s1. The number of amides is 1. The lowest BCUT2D eigenvalue weighted by atomic mass is 10.00. The van der Waals surface area contributed by atoms with E-state index in [9.17, 15) is 4.79 Å². The predicted octanol–water partition coefficient (Wildman–Crippen LogP) is 4.07. The molecule has 0 spiro atoms. The number of rotatable bonds is 5. The maximum absolute atomic E-state index is 12.1. The van der Waals surface area contributed by atoms with Gasteiger partial charge in [0, 0.05) is 29.2 Å². The summed E-state index contributed by atoms with van der Waals surface area (Å²) < 4.78 is 0. The molecule has 1 heterocycles. The minimum atomic E-state index is 0. The summed E-state index contributed by atoms with van der Waals surface area (Å²) in [5, 5.41) is 9.07. The van der Waals surface area contributed by atoms with Crippen LogP contribution in [0.1, 0.15) is 31.4 Å². The fraction of sp³-hybridized carbons (Fsp3) is 0.412. The largest absolute Gasteiger partial charge is 0.332 e. The highest BCUT2D eigenvalue weighted by atomic mass is 35.5. The molecule has 1 amide bonds. The van der Waals surface area contributed by atoms with E-state index in [1.165, 1.54) is 0 Å². The number of hydrogen-bond acceptors (Lipinski definition) is 5. The van der Waals surface area contributed by atoms with E-state index in [4.69, 9.17) is 5.73 Å². The van der Waals surface area contributed by atoms with Gasteiger partial charge in [-0.1, -0.05) is 6.42 Å². The Balaban J connectivity index is 0.00000208. The monoisotopic (exact) mass is 366 g/mol. The van der Waals surface area contributed by atoms with E-state index >= 15 is 0 Å². The molecule has 0 bridgehead atoms. The van der Waals surface area contributed by atoms with Crippen molar-refractivity contribution in [3.8, 4) is 0 Å². The van der Waals surface area contributed by atoms with E-state index in [1.807, 2.05) is 36.6 Å². The van der Waals surface area contributed by atoms with Gasteiger partial charge in [-0.25, -0.2) is 4.98 Å². The number of nitrogens with one attached hydrogen (secondary N) is 2.